The number of rotatable bonds is 7. The first-order chi connectivity index (χ1) is 11.6. The highest BCUT2D eigenvalue weighted by atomic mass is 16.6. The summed E-state index contributed by atoms with van der Waals surface area (Å²) >= 11 is 0. The third kappa shape index (κ3) is 4.91. The zero-order valence-electron chi connectivity index (χ0n) is 13.1. The van der Waals surface area contributed by atoms with E-state index in [4.69, 9.17) is 4.74 Å². The molecular formula is C17H17N3O4. The van der Waals surface area contributed by atoms with E-state index < -0.39 is 10.8 Å². The Morgan fingerprint density at radius 2 is 2.08 bits per heavy atom. The number of nitrogens with zero attached hydrogens (tertiary/aromatic N) is 2. The van der Waals surface area contributed by atoms with Crippen molar-refractivity contribution >= 4 is 17.8 Å². The number of amides is 1. The van der Waals surface area contributed by atoms with Gasteiger partial charge in [0.25, 0.3) is 11.6 Å². The monoisotopic (exact) mass is 327 g/mol. The Bertz CT molecular complexity index is 759. The number of aryl methyl sites for hydroxylation is 1. The third-order valence-electron chi connectivity index (χ3n) is 3.20. The van der Waals surface area contributed by atoms with Crippen LogP contribution in [-0.4, -0.2) is 23.7 Å². The summed E-state index contributed by atoms with van der Waals surface area (Å²) in [5.74, 6) is 0.250. The van der Waals surface area contributed by atoms with Crippen molar-refractivity contribution in [3.63, 3.8) is 0 Å². The summed E-state index contributed by atoms with van der Waals surface area (Å²) < 4.78 is 5.47. The van der Waals surface area contributed by atoms with E-state index in [1.807, 2.05) is 25.1 Å². The third-order valence-corrected chi connectivity index (χ3v) is 3.20. The van der Waals surface area contributed by atoms with Gasteiger partial charge in [0.1, 0.15) is 5.75 Å². The van der Waals surface area contributed by atoms with Gasteiger partial charge in [0.05, 0.1) is 11.1 Å². The minimum Gasteiger partial charge on any atom is -0.483 e. The minimum atomic E-state index is -0.491. The van der Waals surface area contributed by atoms with Crippen LogP contribution in [0.2, 0.25) is 0 Å². The summed E-state index contributed by atoms with van der Waals surface area (Å²) in [7, 11) is 0. The van der Waals surface area contributed by atoms with E-state index in [-0.39, 0.29) is 12.3 Å². The molecule has 0 fully saturated rings. The van der Waals surface area contributed by atoms with Crippen molar-refractivity contribution in [3.8, 4) is 5.75 Å². The fourth-order valence-corrected chi connectivity index (χ4v) is 2.01. The second kappa shape index (κ2) is 8.42. The lowest BCUT2D eigenvalue weighted by Gasteiger charge is -2.08. The number of carbonyl (C=O) groups is 1. The Kier molecular flexibility index (Phi) is 6.01. The normalized spacial score (nSPS) is 10.5. The van der Waals surface area contributed by atoms with Crippen molar-refractivity contribution in [1.82, 2.24) is 5.43 Å². The first-order valence-electron chi connectivity index (χ1n) is 7.37. The van der Waals surface area contributed by atoms with Crippen LogP contribution in [0.5, 0.6) is 5.75 Å². The van der Waals surface area contributed by atoms with Crippen molar-refractivity contribution in [1.29, 1.82) is 0 Å². The lowest BCUT2D eigenvalue weighted by atomic mass is 10.1. The van der Waals surface area contributed by atoms with E-state index in [1.54, 1.807) is 18.2 Å². The second-order valence-electron chi connectivity index (χ2n) is 4.90. The molecule has 7 heteroatoms. The predicted octanol–water partition coefficient (Wildman–Crippen LogP) is 2.69. The highest BCUT2D eigenvalue weighted by molar-refractivity contribution is 5.83. The summed E-state index contributed by atoms with van der Waals surface area (Å²) in [6.45, 7) is 1.84. The smallest absolute Gasteiger partial charge is 0.277 e. The van der Waals surface area contributed by atoms with Crippen LogP contribution in [-0.2, 0) is 11.2 Å². The molecule has 0 aliphatic heterocycles. The quantitative estimate of drug-likeness (QED) is 0.480. The molecule has 0 bridgehead atoms. The fourth-order valence-electron chi connectivity index (χ4n) is 2.01. The molecule has 0 radical (unpaired) electrons. The molecule has 124 valence electrons. The number of hydrogen-bond acceptors (Lipinski definition) is 5. The fraction of sp³-hybridized carbons (Fsp3) is 0.176. The van der Waals surface area contributed by atoms with Gasteiger partial charge in [-0.3, -0.25) is 14.9 Å². The maximum Gasteiger partial charge on any atom is 0.277 e. The lowest BCUT2D eigenvalue weighted by Crippen LogP contribution is -2.24. The van der Waals surface area contributed by atoms with Crippen molar-refractivity contribution in [3.05, 3.63) is 69.8 Å². The van der Waals surface area contributed by atoms with Gasteiger partial charge in [0.15, 0.2) is 6.61 Å². The largest absolute Gasteiger partial charge is 0.483 e. The molecule has 2 aromatic carbocycles. The van der Waals surface area contributed by atoms with Crippen molar-refractivity contribution in [2.75, 3.05) is 6.61 Å². The van der Waals surface area contributed by atoms with Crippen LogP contribution in [0.1, 0.15) is 18.1 Å². The number of carbonyl (C=O) groups excluding carboxylic acids is 1. The number of benzene rings is 2. The zero-order valence-corrected chi connectivity index (χ0v) is 13.1. The van der Waals surface area contributed by atoms with Crippen LogP contribution in [0.15, 0.2) is 53.6 Å². The Balaban J connectivity index is 1.87. The summed E-state index contributed by atoms with van der Waals surface area (Å²) in [6, 6.07) is 13.4. The average molecular weight is 327 g/mol. The maximum absolute atomic E-state index is 11.7. The van der Waals surface area contributed by atoms with E-state index in [0.717, 1.165) is 12.0 Å². The van der Waals surface area contributed by atoms with Crippen molar-refractivity contribution in [2.45, 2.75) is 13.3 Å². The zero-order chi connectivity index (χ0) is 17.4. The van der Waals surface area contributed by atoms with Gasteiger partial charge in [-0.05, 0) is 18.1 Å². The van der Waals surface area contributed by atoms with Crippen LogP contribution in [0, 0.1) is 10.1 Å². The van der Waals surface area contributed by atoms with E-state index in [2.05, 4.69) is 10.5 Å². The molecule has 7 nitrogen and oxygen atoms in total. The molecule has 0 saturated carbocycles. The van der Waals surface area contributed by atoms with Crippen LogP contribution < -0.4 is 10.2 Å². The Morgan fingerprint density at radius 1 is 1.29 bits per heavy atom. The molecule has 24 heavy (non-hydrogen) atoms. The lowest BCUT2D eigenvalue weighted by molar-refractivity contribution is -0.384. The van der Waals surface area contributed by atoms with Gasteiger partial charge in [0.2, 0.25) is 0 Å². The number of hydrazone groups is 1. The van der Waals surface area contributed by atoms with Crippen LogP contribution in [0.4, 0.5) is 5.69 Å². The number of hydrogen-bond donors (Lipinski definition) is 1. The topological polar surface area (TPSA) is 93.8 Å². The van der Waals surface area contributed by atoms with Gasteiger partial charge >= 0.3 is 0 Å². The highest BCUT2D eigenvalue weighted by Gasteiger charge is 2.06. The molecule has 0 aliphatic carbocycles. The van der Waals surface area contributed by atoms with Crippen molar-refractivity contribution in [2.24, 2.45) is 5.10 Å². The Labute approximate surface area is 139 Å². The first-order valence-corrected chi connectivity index (χ1v) is 7.37. The summed E-state index contributed by atoms with van der Waals surface area (Å²) in [6.07, 6.45) is 2.15. The number of ether oxygens (including phenoxy) is 1. The standard InChI is InChI=1S/C17H17N3O4/c1-2-14-7-3-4-9-16(14)24-12-17(21)19-18-11-13-6-5-8-15(10-13)20(22)23/h3-11H,2,12H2,1H3,(H,19,21)/b18-11+. The molecule has 0 aromatic heterocycles. The molecule has 1 N–H and O–H groups in total. The number of nitro benzene ring substituents is 1. The molecule has 0 atom stereocenters. The van der Waals surface area contributed by atoms with E-state index in [1.165, 1.54) is 18.3 Å². The Morgan fingerprint density at radius 3 is 2.83 bits per heavy atom. The molecule has 2 aromatic rings. The molecular weight excluding hydrogens is 310 g/mol. The van der Waals surface area contributed by atoms with Crippen LogP contribution >= 0.6 is 0 Å². The number of non-ortho nitro benzene ring substituents is 1. The van der Waals surface area contributed by atoms with Gasteiger partial charge in [-0.1, -0.05) is 37.3 Å². The van der Waals surface area contributed by atoms with Gasteiger partial charge < -0.3 is 4.74 Å². The molecule has 1 amide bonds. The predicted molar refractivity (Wildman–Crippen MR) is 90.1 cm³/mol. The van der Waals surface area contributed by atoms with Gasteiger partial charge in [-0.2, -0.15) is 5.10 Å². The summed E-state index contributed by atoms with van der Waals surface area (Å²) in [5.41, 5.74) is 3.82. The second-order valence-corrected chi connectivity index (χ2v) is 4.90. The number of para-hydroxylation sites is 1. The average Bonchev–Trinajstić information content (AvgIpc) is 2.60. The molecule has 0 heterocycles. The molecule has 0 spiro atoms. The molecule has 0 saturated heterocycles. The first kappa shape index (κ1) is 17.1. The van der Waals surface area contributed by atoms with Gasteiger partial charge in [0, 0.05) is 17.7 Å². The SMILES string of the molecule is CCc1ccccc1OCC(=O)N/N=C/c1cccc([N+](=O)[O-])c1. The Hall–Kier alpha value is -3.22. The van der Waals surface area contributed by atoms with E-state index >= 15 is 0 Å². The van der Waals surface area contributed by atoms with Gasteiger partial charge in [-0.25, -0.2) is 5.43 Å². The molecule has 2 rings (SSSR count). The summed E-state index contributed by atoms with van der Waals surface area (Å²) in [4.78, 5) is 21.9. The van der Waals surface area contributed by atoms with Crippen LogP contribution in [0.25, 0.3) is 0 Å². The highest BCUT2D eigenvalue weighted by Crippen LogP contribution is 2.17. The van der Waals surface area contributed by atoms with Crippen molar-refractivity contribution < 1.29 is 14.5 Å². The molecule has 0 unspecified atom stereocenters. The number of nitro groups is 1. The maximum atomic E-state index is 11.7. The van der Waals surface area contributed by atoms with Crippen LogP contribution in [0.3, 0.4) is 0 Å². The minimum absolute atomic E-state index is 0.0372. The number of nitrogens with one attached hydrogen (secondary N) is 1. The molecule has 0 aliphatic rings. The van der Waals surface area contributed by atoms with Gasteiger partial charge in [-0.15, -0.1) is 0 Å². The summed E-state index contributed by atoms with van der Waals surface area (Å²) in [5, 5.41) is 14.5. The van der Waals surface area contributed by atoms with E-state index in [0.29, 0.717) is 11.3 Å². The van der Waals surface area contributed by atoms with E-state index in [9.17, 15) is 14.9 Å².